The zero-order valence-corrected chi connectivity index (χ0v) is 16.6. The van der Waals surface area contributed by atoms with Gasteiger partial charge in [-0.05, 0) is 35.9 Å². The first kappa shape index (κ1) is 21.1. The van der Waals surface area contributed by atoms with Crippen molar-refractivity contribution in [3.05, 3.63) is 63.0 Å². The van der Waals surface area contributed by atoms with Gasteiger partial charge in [0.05, 0.1) is 25.3 Å². The van der Waals surface area contributed by atoms with Gasteiger partial charge in [0.1, 0.15) is 11.8 Å². The highest BCUT2D eigenvalue weighted by atomic mass is 35.5. The van der Waals surface area contributed by atoms with Gasteiger partial charge in [-0.15, -0.1) is 0 Å². The predicted molar refractivity (Wildman–Crippen MR) is 109 cm³/mol. The second-order valence-corrected chi connectivity index (χ2v) is 6.45. The Kier molecular flexibility index (Phi) is 6.19. The van der Waals surface area contributed by atoms with E-state index in [2.05, 4.69) is 25.2 Å². The number of hydrazone groups is 1. The fourth-order valence-corrected chi connectivity index (χ4v) is 2.82. The van der Waals surface area contributed by atoms with E-state index in [1.807, 2.05) is 0 Å². The molecule has 156 valence electrons. The lowest BCUT2D eigenvalue weighted by atomic mass is 10.0. The van der Waals surface area contributed by atoms with Crippen molar-refractivity contribution in [1.82, 2.24) is 15.4 Å². The minimum absolute atomic E-state index is 0.0989. The molecule has 2 aromatic carbocycles. The van der Waals surface area contributed by atoms with Crippen molar-refractivity contribution >= 4 is 34.4 Å². The maximum absolute atomic E-state index is 12.7. The molecule has 1 atom stereocenters. The Labute approximate surface area is 174 Å². The van der Waals surface area contributed by atoms with Crippen LogP contribution >= 0.6 is 11.6 Å². The number of rotatable bonds is 5. The highest BCUT2D eigenvalue weighted by Crippen LogP contribution is 2.30. The number of aliphatic hydroxyl groups is 1. The highest BCUT2D eigenvalue weighted by Gasteiger charge is 2.24. The number of aliphatic hydroxyl groups excluding tert-OH is 1. The molecule has 0 bridgehead atoms. The van der Waals surface area contributed by atoms with E-state index < -0.39 is 17.8 Å². The van der Waals surface area contributed by atoms with E-state index in [-0.39, 0.29) is 28.5 Å². The van der Waals surface area contributed by atoms with Gasteiger partial charge in [0.2, 0.25) is 0 Å². The van der Waals surface area contributed by atoms with E-state index in [4.69, 9.17) is 16.3 Å². The number of aromatic nitrogens is 2. The van der Waals surface area contributed by atoms with Crippen molar-refractivity contribution in [2.24, 2.45) is 5.10 Å². The SMILES string of the molecule is COC(=O)N/N=C(\c1nc2ccc(Cl)cc2[nH]c1=O)[C@H](O)c1ccc(O)c(OC)c1. The van der Waals surface area contributed by atoms with Crippen LogP contribution in [0.2, 0.25) is 5.02 Å². The average molecular weight is 433 g/mol. The molecule has 3 rings (SSSR count). The summed E-state index contributed by atoms with van der Waals surface area (Å²) in [4.78, 5) is 31.0. The largest absolute Gasteiger partial charge is 0.504 e. The Balaban J connectivity index is 2.15. The first-order valence-corrected chi connectivity index (χ1v) is 8.88. The van der Waals surface area contributed by atoms with Crippen LogP contribution in [0.3, 0.4) is 0 Å². The standard InChI is InChI=1S/C19H17ClN4O6/c1-29-14-7-9(3-6-13(14)25)17(26)15(23-24-19(28)30-2)16-18(27)22-12-8-10(20)4-5-11(12)21-16/h3-8,17,25-26H,1-2H3,(H,22,27)(H,24,28)/b23-15+/t17-/m1/s1. The van der Waals surface area contributed by atoms with Crippen molar-refractivity contribution in [2.45, 2.75) is 6.10 Å². The molecule has 0 aliphatic rings. The fraction of sp³-hybridized carbons (Fsp3) is 0.158. The second kappa shape index (κ2) is 8.80. The maximum atomic E-state index is 12.7. The molecular weight excluding hydrogens is 416 g/mol. The molecule has 0 radical (unpaired) electrons. The van der Waals surface area contributed by atoms with Gasteiger partial charge in [-0.3, -0.25) is 4.79 Å². The summed E-state index contributed by atoms with van der Waals surface area (Å²) in [6.45, 7) is 0. The number of methoxy groups -OCH3 is 2. The van der Waals surface area contributed by atoms with E-state index in [0.717, 1.165) is 7.11 Å². The van der Waals surface area contributed by atoms with Gasteiger partial charge in [-0.25, -0.2) is 15.2 Å². The Morgan fingerprint density at radius 2 is 2.03 bits per heavy atom. The number of phenols is 1. The van der Waals surface area contributed by atoms with Crippen LogP contribution in [0.5, 0.6) is 11.5 Å². The van der Waals surface area contributed by atoms with E-state index in [9.17, 15) is 19.8 Å². The number of nitrogens with one attached hydrogen (secondary N) is 2. The third kappa shape index (κ3) is 4.34. The molecule has 4 N–H and O–H groups in total. The Morgan fingerprint density at radius 3 is 2.73 bits per heavy atom. The lowest BCUT2D eigenvalue weighted by Gasteiger charge is -2.15. The number of aromatic hydroxyl groups is 1. The fourth-order valence-electron chi connectivity index (χ4n) is 2.65. The molecule has 30 heavy (non-hydrogen) atoms. The molecule has 0 unspecified atom stereocenters. The molecule has 3 aromatic rings. The highest BCUT2D eigenvalue weighted by molar-refractivity contribution is 6.31. The number of benzene rings is 2. The molecular formula is C19H17ClN4O6. The van der Waals surface area contributed by atoms with E-state index in [1.54, 1.807) is 12.1 Å². The normalized spacial score (nSPS) is 12.5. The molecule has 1 amide bonds. The number of ether oxygens (including phenoxy) is 2. The van der Waals surface area contributed by atoms with Gasteiger partial charge in [0, 0.05) is 5.02 Å². The molecule has 1 heterocycles. The quantitative estimate of drug-likeness (QED) is 0.356. The minimum atomic E-state index is -1.50. The third-order valence-electron chi connectivity index (χ3n) is 4.13. The molecule has 0 saturated carbocycles. The van der Waals surface area contributed by atoms with Crippen LogP contribution in [0, 0.1) is 0 Å². The molecule has 10 nitrogen and oxygen atoms in total. The summed E-state index contributed by atoms with van der Waals surface area (Å²) >= 11 is 5.94. The Hall–Kier alpha value is -3.63. The van der Waals surface area contributed by atoms with Crippen LogP contribution in [0.15, 0.2) is 46.3 Å². The van der Waals surface area contributed by atoms with E-state index in [0.29, 0.717) is 16.1 Å². The maximum Gasteiger partial charge on any atom is 0.427 e. The topological polar surface area (TPSA) is 146 Å². The van der Waals surface area contributed by atoms with Gasteiger partial charge in [0.25, 0.3) is 5.56 Å². The average Bonchev–Trinajstić information content (AvgIpc) is 2.74. The Morgan fingerprint density at radius 1 is 1.27 bits per heavy atom. The molecule has 0 aliphatic carbocycles. The molecule has 1 aromatic heterocycles. The number of hydrogen-bond donors (Lipinski definition) is 4. The number of phenolic OH excluding ortho intramolecular Hbond substituents is 1. The number of carbonyl (C=O) groups is 1. The lowest BCUT2D eigenvalue weighted by molar-refractivity contribution is 0.171. The number of H-pyrrole nitrogens is 1. The monoisotopic (exact) mass is 432 g/mol. The van der Waals surface area contributed by atoms with Gasteiger partial charge in [-0.2, -0.15) is 5.10 Å². The van der Waals surface area contributed by atoms with Crippen molar-refractivity contribution in [3.63, 3.8) is 0 Å². The second-order valence-electron chi connectivity index (χ2n) is 6.01. The molecule has 11 heteroatoms. The summed E-state index contributed by atoms with van der Waals surface area (Å²) in [5.41, 5.74) is 1.92. The summed E-state index contributed by atoms with van der Waals surface area (Å²) in [6.07, 6.45) is -2.41. The van der Waals surface area contributed by atoms with Gasteiger partial charge >= 0.3 is 6.09 Å². The molecule has 0 spiro atoms. The van der Waals surface area contributed by atoms with Gasteiger partial charge in [0.15, 0.2) is 17.2 Å². The van der Waals surface area contributed by atoms with Crippen LogP contribution in [0.1, 0.15) is 17.4 Å². The first-order valence-electron chi connectivity index (χ1n) is 8.50. The van der Waals surface area contributed by atoms with Crippen LogP contribution in [-0.2, 0) is 4.74 Å². The van der Waals surface area contributed by atoms with Crippen LogP contribution in [-0.4, -0.2) is 46.2 Å². The van der Waals surface area contributed by atoms with Crippen LogP contribution in [0.25, 0.3) is 11.0 Å². The van der Waals surface area contributed by atoms with Crippen molar-refractivity contribution < 1.29 is 24.5 Å². The number of aromatic amines is 1. The van der Waals surface area contributed by atoms with Crippen LogP contribution in [0.4, 0.5) is 4.79 Å². The number of hydrogen-bond acceptors (Lipinski definition) is 8. The zero-order chi connectivity index (χ0) is 21.8. The number of amides is 1. The summed E-state index contributed by atoms with van der Waals surface area (Å²) in [5.74, 6) is -0.0416. The van der Waals surface area contributed by atoms with Crippen molar-refractivity contribution in [1.29, 1.82) is 0 Å². The summed E-state index contributed by atoms with van der Waals surface area (Å²) in [7, 11) is 2.48. The van der Waals surface area contributed by atoms with Crippen molar-refractivity contribution in [3.8, 4) is 11.5 Å². The summed E-state index contributed by atoms with van der Waals surface area (Å²) in [6, 6.07) is 8.78. The van der Waals surface area contributed by atoms with Gasteiger partial charge in [-0.1, -0.05) is 17.7 Å². The molecule has 0 saturated heterocycles. The third-order valence-corrected chi connectivity index (χ3v) is 4.36. The zero-order valence-electron chi connectivity index (χ0n) is 15.8. The smallest absolute Gasteiger partial charge is 0.427 e. The van der Waals surface area contributed by atoms with E-state index in [1.165, 1.54) is 31.4 Å². The summed E-state index contributed by atoms with van der Waals surface area (Å²) in [5, 5.41) is 24.9. The number of fused-ring (bicyclic) bond motifs is 1. The number of nitrogens with zero attached hydrogens (tertiary/aromatic N) is 2. The van der Waals surface area contributed by atoms with Gasteiger partial charge < -0.3 is 24.7 Å². The minimum Gasteiger partial charge on any atom is -0.504 e. The Bertz CT molecular complexity index is 1190. The molecule has 0 aliphatic heterocycles. The number of carbonyl (C=O) groups excluding carboxylic acids is 1. The lowest BCUT2D eigenvalue weighted by Crippen LogP contribution is -2.29. The molecule has 0 fully saturated rings. The van der Waals surface area contributed by atoms with Crippen LogP contribution < -0.4 is 15.7 Å². The summed E-state index contributed by atoms with van der Waals surface area (Å²) < 4.78 is 9.52. The van der Waals surface area contributed by atoms with Crippen molar-refractivity contribution in [2.75, 3.05) is 14.2 Å². The first-order chi connectivity index (χ1) is 14.3. The predicted octanol–water partition coefficient (Wildman–Crippen LogP) is 2.08. The number of halogens is 1. The van der Waals surface area contributed by atoms with E-state index >= 15 is 0 Å².